The van der Waals surface area contributed by atoms with Crippen molar-refractivity contribution in [1.82, 2.24) is 10.6 Å². The smallest absolute Gasteiger partial charge is 0.355 e. The average Bonchev–Trinajstić information content (AvgIpc) is 2.84. The van der Waals surface area contributed by atoms with E-state index in [4.69, 9.17) is 0 Å². The van der Waals surface area contributed by atoms with Crippen LogP contribution in [0.2, 0.25) is 0 Å². The van der Waals surface area contributed by atoms with Gasteiger partial charge in [0, 0.05) is 13.1 Å². The van der Waals surface area contributed by atoms with Crippen molar-refractivity contribution < 1.29 is 57.9 Å². The van der Waals surface area contributed by atoms with Gasteiger partial charge in [-0.15, -0.1) is 0 Å². The molecular weight excluding hydrogens is 548 g/mol. The highest BCUT2D eigenvalue weighted by molar-refractivity contribution is 7.92. The fourth-order valence-electron chi connectivity index (χ4n) is 3.24. The number of anilines is 2. The highest BCUT2D eigenvalue weighted by Gasteiger charge is 2.57. The number of alkyl halides is 8. The fraction of sp³-hybridized carbons (Fsp3) is 0.526. The van der Waals surface area contributed by atoms with E-state index in [0.29, 0.717) is 9.21 Å². The molecule has 208 valence electrons. The van der Waals surface area contributed by atoms with Crippen LogP contribution in [0.5, 0.6) is 0 Å². The quantitative estimate of drug-likeness (QED) is 0.367. The second-order valence-corrected chi connectivity index (χ2v) is 9.89. The predicted octanol–water partition coefficient (Wildman–Crippen LogP) is 1.80. The van der Waals surface area contributed by atoms with Crippen LogP contribution in [0.3, 0.4) is 0 Å². The summed E-state index contributed by atoms with van der Waals surface area (Å²) in [4.78, 5) is 36.9. The van der Waals surface area contributed by atoms with Gasteiger partial charge in [0.1, 0.15) is 13.0 Å². The Labute approximate surface area is 204 Å². The number of carbonyl (C=O) groups excluding carboxylic acids is 3. The van der Waals surface area contributed by atoms with Crippen LogP contribution < -0.4 is 19.8 Å². The second kappa shape index (κ2) is 10.7. The van der Waals surface area contributed by atoms with Gasteiger partial charge in [0.25, 0.3) is 0 Å². The lowest BCUT2D eigenvalue weighted by Crippen LogP contribution is -2.48. The average molecular weight is 568 g/mol. The van der Waals surface area contributed by atoms with Gasteiger partial charge in [-0.25, -0.2) is 8.42 Å². The van der Waals surface area contributed by atoms with Crippen molar-refractivity contribution in [3.63, 3.8) is 0 Å². The fourth-order valence-corrected chi connectivity index (χ4v) is 4.21. The Morgan fingerprint density at radius 2 is 1.51 bits per heavy atom. The van der Waals surface area contributed by atoms with Crippen molar-refractivity contribution in [3.05, 3.63) is 24.3 Å². The third-order valence-electron chi connectivity index (χ3n) is 4.97. The molecule has 0 unspecified atom stereocenters. The summed E-state index contributed by atoms with van der Waals surface area (Å²) in [5.74, 6) is -10.9. The maximum absolute atomic E-state index is 13.2. The number of hydrogen-bond acceptors (Lipinski definition) is 5. The molecule has 18 heteroatoms. The molecule has 0 aromatic heterocycles. The van der Waals surface area contributed by atoms with Gasteiger partial charge in [-0.2, -0.15) is 35.1 Å². The van der Waals surface area contributed by atoms with Crippen LogP contribution in [0.15, 0.2) is 24.3 Å². The van der Waals surface area contributed by atoms with Gasteiger partial charge >= 0.3 is 18.3 Å². The number of hydrogen-bond donors (Lipinski definition) is 2. The number of fused-ring (bicyclic) bond motifs is 1. The molecule has 1 aromatic rings. The number of amides is 3. The normalized spacial score (nSPS) is 17.2. The molecule has 1 aliphatic rings. The summed E-state index contributed by atoms with van der Waals surface area (Å²) in [6, 6.07) is 4.88. The monoisotopic (exact) mass is 568 g/mol. The Kier molecular flexibility index (Phi) is 8.66. The minimum atomic E-state index is -5.95. The van der Waals surface area contributed by atoms with Gasteiger partial charge in [0.15, 0.2) is 0 Å². The number of carbonyl (C=O) groups is 3. The highest BCUT2D eigenvalue weighted by atomic mass is 32.2. The third-order valence-corrected chi connectivity index (χ3v) is 6.12. The van der Waals surface area contributed by atoms with Crippen LogP contribution in [-0.2, 0) is 24.4 Å². The maximum atomic E-state index is 13.2. The van der Waals surface area contributed by atoms with Gasteiger partial charge < -0.3 is 15.5 Å². The van der Waals surface area contributed by atoms with E-state index in [1.54, 1.807) is 0 Å². The lowest BCUT2D eigenvalue weighted by Gasteiger charge is -2.26. The zero-order valence-corrected chi connectivity index (χ0v) is 19.6. The van der Waals surface area contributed by atoms with Crippen LogP contribution in [0.1, 0.15) is 6.42 Å². The van der Waals surface area contributed by atoms with Crippen molar-refractivity contribution in [3.8, 4) is 0 Å². The molecule has 0 fully saturated rings. The molecule has 9 nitrogen and oxygen atoms in total. The molecule has 37 heavy (non-hydrogen) atoms. The van der Waals surface area contributed by atoms with Crippen LogP contribution in [0.25, 0.3) is 0 Å². The van der Waals surface area contributed by atoms with Gasteiger partial charge in [0.05, 0.1) is 30.1 Å². The van der Waals surface area contributed by atoms with Gasteiger partial charge in [-0.05, 0) is 12.1 Å². The van der Waals surface area contributed by atoms with Crippen molar-refractivity contribution >= 4 is 39.1 Å². The Hall–Kier alpha value is -3.18. The molecule has 0 saturated carbocycles. The summed E-state index contributed by atoms with van der Waals surface area (Å²) in [5, 5.41) is 3.22. The van der Waals surface area contributed by atoms with Gasteiger partial charge in [-0.1, -0.05) is 12.1 Å². The molecule has 3 amide bonds. The van der Waals surface area contributed by atoms with Gasteiger partial charge in [-0.3, -0.25) is 18.7 Å². The van der Waals surface area contributed by atoms with E-state index in [2.05, 4.69) is 0 Å². The molecule has 1 aromatic carbocycles. The summed E-state index contributed by atoms with van der Waals surface area (Å²) < 4.78 is 127. The first-order chi connectivity index (χ1) is 16.7. The number of rotatable bonds is 8. The van der Waals surface area contributed by atoms with Crippen molar-refractivity contribution in [2.24, 2.45) is 5.92 Å². The Balaban J connectivity index is 2.19. The van der Waals surface area contributed by atoms with E-state index < -0.39 is 84.5 Å². The number of halogens is 8. The van der Waals surface area contributed by atoms with E-state index in [-0.39, 0.29) is 11.4 Å². The molecule has 2 rings (SSSR count). The highest BCUT2D eigenvalue weighted by Crippen LogP contribution is 2.37. The first-order valence-corrected chi connectivity index (χ1v) is 12.0. The van der Waals surface area contributed by atoms with E-state index in [0.717, 1.165) is 12.3 Å². The van der Waals surface area contributed by atoms with Crippen LogP contribution in [-0.4, -0.2) is 76.8 Å². The lowest BCUT2D eigenvalue weighted by molar-refractivity contribution is -0.278. The molecule has 0 radical (unpaired) electrons. The lowest BCUT2D eigenvalue weighted by atomic mass is 10.1. The van der Waals surface area contributed by atoms with E-state index in [9.17, 15) is 57.9 Å². The first-order valence-electron chi connectivity index (χ1n) is 10.2. The minimum Gasteiger partial charge on any atom is -0.355 e. The molecule has 0 bridgehead atoms. The molecule has 1 atom stereocenters. The zero-order chi connectivity index (χ0) is 28.4. The number of nitrogens with one attached hydrogen (secondary N) is 2. The van der Waals surface area contributed by atoms with Crippen molar-refractivity contribution in [1.29, 1.82) is 0 Å². The molecular formula is C19H20F8N4O5S. The van der Waals surface area contributed by atoms with E-state index >= 15 is 0 Å². The first kappa shape index (κ1) is 30.0. The van der Waals surface area contributed by atoms with Crippen molar-refractivity contribution in [2.45, 2.75) is 24.7 Å². The molecule has 0 spiro atoms. The van der Waals surface area contributed by atoms with E-state index in [1.807, 2.05) is 5.32 Å². The number of benzene rings is 1. The van der Waals surface area contributed by atoms with Crippen LogP contribution in [0, 0.1) is 5.92 Å². The third kappa shape index (κ3) is 7.90. The van der Waals surface area contributed by atoms with Gasteiger partial charge in [0.2, 0.25) is 27.7 Å². The Morgan fingerprint density at radius 3 is 2.03 bits per heavy atom. The van der Waals surface area contributed by atoms with Crippen LogP contribution >= 0.6 is 0 Å². The predicted molar refractivity (Wildman–Crippen MR) is 112 cm³/mol. The summed E-state index contributed by atoms with van der Waals surface area (Å²) in [7, 11) is -4.14. The molecule has 2 N–H and O–H groups in total. The maximum Gasteiger partial charge on any atom is 0.455 e. The molecule has 0 aliphatic carbocycles. The zero-order valence-electron chi connectivity index (χ0n) is 18.8. The number of para-hydroxylation sites is 2. The standard InChI is InChI=1S/C19H20F8N4O5S/c1-37(35,36)31-8-11(7-28-14(32)6-15(33)29-9-17(20,21)19(25,26)27)16(34)30(10-18(22,23)24)12-4-2-3-5-13(12)31/h2-5,11H,6-10H2,1H3,(H,28,32)(H,29,33)/t11-/m0/s1. The molecule has 0 saturated heterocycles. The van der Waals surface area contributed by atoms with E-state index in [1.165, 1.54) is 23.5 Å². The summed E-state index contributed by atoms with van der Waals surface area (Å²) in [6.07, 6.45) is -11.4. The summed E-state index contributed by atoms with van der Waals surface area (Å²) in [5.41, 5.74) is -0.601. The largest absolute Gasteiger partial charge is 0.455 e. The minimum absolute atomic E-state index is 0.235. The molecule has 1 heterocycles. The summed E-state index contributed by atoms with van der Waals surface area (Å²) in [6.45, 7) is -5.41. The summed E-state index contributed by atoms with van der Waals surface area (Å²) >= 11 is 0. The Morgan fingerprint density at radius 1 is 0.973 bits per heavy atom. The van der Waals surface area contributed by atoms with Crippen LogP contribution in [0.4, 0.5) is 46.5 Å². The topological polar surface area (TPSA) is 116 Å². The molecule has 1 aliphatic heterocycles. The Bertz CT molecular complexity index is 1140. The second-order valence-electron chi connectivity index (χ2n) is 7.98. The number of sulfonamides is 1. The number of nitrogens with zero attached hydrogens (tertiary/aromatic N) is 2. The SMILES string of the molecule is CS(=O)(=O)N1C[C@H](CNC(=O)CC(=O)NCC(F)(F)C(F)(F)F)C(=O)N(CC(F)(F)F)c2ccccc21. The van der Waals surface area contributed by atoms with Crippen molar-refractivity contribution in [2.75, 3.05) is 41.6 Å².